The summed E-state index contributed by atoms with van der Waals surface area (Å²) in [5.41, 5.74) is 10.9. The van der Waals surface area contributed by atoms with Crippen molar-refractivity contribution in [3.63, 3.8) is 0 Å². The number of carbonyl (C=O) groups is 1. The van der Waals surface area contributed by atoms with Gasteiger partial charge < -0.3 is 4.74 Å². The molecule has 0 aliphatic heterocycles. The van der Waals surface area contributed by atoms with Crippen molar-refractivity contribution in [1.82, 2.24) is 4.98 Å². The molecule has 0 unspecified atom stereocenters. The van der Waals surface area contributed by atoms with Gasteiger partial charge in [0, 0.05) is 22.4 Å². The van der Waals surface area contributed by atoms with Crippen LogP contribution in [-0.2, 0) is 11.2 Å². The quantitative estimate of drug-likeness (QED) is 0.0788. The minimum Gasteiger partial charge on any atom is -0.461 e. The standard InChI is InChI=1S/C22H28N4O2S2/c1-2-28-22(27)20-16-30-21(25-20)18-13-11-17(12-14-18)8-5-6-10-19(29)9-4-3-7-15-24-26-23/h11-14,16H,2-10,15H2,1H3. The third-order valence-electron chi connectivity index (χ3n) is 4.64. The lowest BCUT2D eigenvalue weighted by Crippen LogP contribution is -2.04. The van der Waals surface area contributed by atoms with Crippen LogP contribution in [0.4, 0.5) is 0 Å². The predicted molar refractivity (Wildman–Crippen MR) is 126 cm³/mol. The molecule has 0 atom stereocenters. The molecule has 2 aromatic rings. The van der Waals surface area contributed by atoms with Crippen LogP contribution in [0, 0.1) is 0 Å². The monoisotopic (exact) mass is 444 g/mol. The number of azide groups is 1. The first kappa shape index (κ1) is 24.0. The van der Waals surface area contributed by atoms with Crippen molar-refractivity contribution in [3.8, 4) is 10.6 Å². The molecule has 0 saturated carbocycles. The lowest BCUT2D eigenvalue weighted by Gasteiger charge is -2.05. The zero-order valence-electron chi connectivity index (χ0n) is 17.4. The van der Waals surface area contributed by atoms with Crippen LogP contribution in [0.25, 0.3) is 21.0 Å². The first-order chi connectivity index (χ1) is 14.6. The van der Waals surface area contributed by atoms with E-state index >= 15 is 0 Å². The van der Waals surface area contributed by atoms with Crippen molar-refractivity contribution >= 4 is 34.4 Å². The first-order valence-electron chi connectivity index (χ1n) is 10.4. The summed E-state index contributed by atoms with van der Waals surface area (Å²) in [7, 11) is 0. The molecule has 1 heterocycles. The number of esters is 1. The van der Waals surface area contributed by atoms with E-state index in [0.29, 0.717) is 18.8 Å². The van der Waals surface area contributed by atoms with Crippen molar-refractivity contribution < 1.29 is 9.53 Å². The second kappa shape index (κ2) is 13.9. The number of hydrogen-bond donors (Lipinski definition) is 0. The summed E-state index contributed by atoms with van der Waals surface area (Å²) < 4.78 is 4.99. The average molecular weight is 445 g/mol. The third-order valence-corrected chi connectivity index (χ3v) is 5.94. The van der Waals surface area contributed by atoms with Crippen LogP contribution in [0.3, 0.4) is 0 Å². The SMILES string of the molecule is CCOC(=O)c1csc(-c2ccc(CCCCC(=S)CCCCCN=[N+]=[N-])cc2)n1. The molecule has 0 bridgehead atoms. The summed E-state index contributed by atoms with van der Waals surface area (Å²) in [5.74, 6) is -0.373. The Morgan fingerprint density at radius 1 is 1.17 bits per heavy atom. The van der Waals surface area contributed by atoms with E-state index in [1.54, 1.807) is 12.3 Å². The highest BCUT2D eigenvalue weighted by Crippen LogP contribution is 2.25. The van der Waals surface area contributed by atoms with Gasteiger partial charge in [-0.25, -0.2) is 9.78 Å². The highest BCUT2D eigenvalue weighted by Gasteiger charge is 2.12. The van der Waals surface area contributed by atoms with Gasteiger partial charge in [0.05, 0.1) is 6.61 Å². The van der Waals surface area contributed by atoms with Gasteiger partial charge in [0.15, 0.2) is 5.69 Å². The Bertz CT molecular complexity index is 858. The predicted octanol–water partition coefficient (Wildman–Crippen LogP) is 6.94. The molecule has 1 aromatic heterocycles. The molecule has 160 valence electrons. The lowest BCUT2D eigenvalue weighted by atomic mass is 10.0. The van der Waals surface area contributed by atoms with E-state index in [4.69, 9.17) is 22.5 Å². The van der Waals surface area contributed by atoms with E-state index in [9.17, 15) is 4.79 Å². The molecule has 0 aliphatic rings. The Labute approximate surface area is 187 Å². The van der Waals surface area contributed by atoms with Crippen molar-refractivity contribution in [3.05, 3.63) is 51.3 Å². The van der Waals surface area contributed by atoms with Gasteiger partial charge in [-0.1, -0.05) is 48.0 Å². The Kier molecular flexibility index (Phi) is 11.1. The van der Waals surface area contributed by atoms with E-state index in [1.807, 2.05) is 0 Å². The largest absolute Gasteiger partial charge is 0.461 e. The number of carbonyl (C=O) groups excluding carboxylic acids is 1. The van der Waals surface area contributed by atoms with Gasteiger partial charge in [0.2, 0.25) is 0 Å². The second-order valence-corrected chi connectivity index (χ2v) is 8.40. The van der Waals surface area contributed by atoms with Crippen LogP contribution >= 0.6 is 23.6 Å². The first-order valence-corrected chi connectivity index (χ1v) is 11.7. The van der Waals surface area contributed by atoms with Gasteiger partial charge in [0.25, 0.3) is 0 Å². The molecule has 8 heteroatoms. The van der Waals surface area contributed by atoms with Crippen LogP contribution in [0.1, 0.15) is 67.9 Å². The van der Waals surface area contributed by atoms with Gasteiger partial charge >= 0.3 is 5.97 Å². The number of ether oxygens (including phenoxy) is 1. The second-order valence-electron chi connectivity index (χ2n) is 6.97. The Balaban J connectivity index is 1.67. The summed E-state index contributed by atoms with van der Waals surface area (Å²) in [4.78, 5) is 20.0. The van der Waals surface area contributed by atoms with Gasteiger partial charge in [-0.05, 0) is 67.8 Å². The Hall–Kier alpha value is -2.28. The molecule has 0 spiro atoms. The lowest BCUT2D eigenvalue weighted by molar-refractivity contribution is 0.0520. The van der Waals surface area contributed by atoms with Crippen molar-refractivity contribution in [2.45, 2.75) is 58.3 Å². The number of rotatable bonds is 14. The zero-order chi connectivity index (χ0) is 21.6. The van der Waals surface area contributed by atoms with Crippen molar-refractivity contribution in [1.29, 1.82) is 0 Å². The molecule has 2 rings (SSSR count). The van der Waals surface area contributed by atoms with Gasteiger partial charge in [-0.2, -0.15) is 0 Å². The van der Waals surface area contributed by atoms with Gasteiger partial charge in [-0.3, -0.25) is 0 Å². The highest BCUT2D eigenvalue weighted by atomic mass is 32.1. The number of aromatic nitrogens is 1. The Morgan fingerprint density at radius 2 is 1.90 bits per heavy atom. The molecular formula is C22H28N4O2S2. The van der Waals surface area contributed by atoms with Crippen molar-refractivity contribution in [2.24, 2.45) is 5.11 Å². The molecule has 30 heavy (non-hydrogen) atoms. The molecule has 6 nitrogen and oxygen atoms in total. The summed E-state index contributed by atoms with van der Waals surface area (Å²) >= 11 is 6.92. The smallest absolute Gasteiger partial charge is 0.357 e. The fourth-order valence-electron chi connectivity index (χ4n) is 3.02. The third kappa shape index (κ3) is 8.61. The molecular weight excluding hydrogens is 416 g/mol. The van der Waals surface area contributed by atoms with Gasteiger partial charge in [0.1, 0.15) is 5.01 Å². The summed E-state index contributed by atoms with van der Waals surface area (Å²) in [6, 6.07) is 8.37. The van der Waals surface area contributed by atoms with E-state index < -0.39 is 0 Å². The number of thiazole rings is 1. The number of nitrogens with zero attached hydrogens (tertiary/aromatic N) is 4. The maximum Gasteiger partial charge on any atom is 0.357 e. The highest BCUT2D eigenvalue weighted by molar-refractivity contribution is 7.80. The molecule has 0 amide bonds. The molecule has 0 N–H and O–H groups in total. The summed E-state index contributed by atoms with van der Waals surface area (Å²) in [6.07, 6.45) is 8.31. The van der Waals surface area contributed by atoms with E-state index in [-0.39, 0.29) is 5.97 Å². The summed E-state index contributed by atoms with van der Waals surface area (Å²) in [5, 5.41) is 6.11. The minimum absolute atomic E-state index is 0.351. The van der Waals surface area contributed by atoms with Crippen molar-refractivity contribution in [2.75, 3.05) is 13.2 Å². The normalized spacial score (nSPS) is 10.4. The average Bonchev–Trinajstić information content (AvgIpc) is 3.25. The van der Waals surface area contributed by atoms with E-state index in [2.05, 4.69) is 39.3 Å². The molecule has 0 aliphatic carbocycles. The van der Waals surface area contributed by atoms with Crippen LogP contribution in [-0.4, -0.2) is 29.0 Å². The molecule has 1 aromatic carbocycles. The molecule has 0 saturated heterocycles. The van der Waals surface area contributed by atoms with Crippen LogP contribution in [0.5, 0.6) is 0 Å². The van der Waals surface area contributed by atoms with Crippen LogP contribution in [0.2, 0.25) is 0 Å². The van der Waals surface area contributed by atoms with Crippen LogP contribution < -0.4 is 0 Å². The topological polar surface area (TPSA) is 88.0 Å². The van der Waals surface area contributed by atoms with Gasteiger partial charge in [-0.15, -0.1) is 11.3 Å². The number of hydrogen-bond acceptors (Lipinski definition) is 6. The fourth-order valence-corrected chi connectivity index (χ4v) is 4.11. The fraction of sp³-hybridized carbons (Fsp3) is 0.500. The number of thiocarbonyl (C=S) groups is 1. The minimum atomic E-state index is -0.373. The summed E-state index contributed by atoms with van der Waals surface area (Å²) in [6.45, 7) is 2.72. The number of aryl methyl sites for hydroxylation is 1. The molecule has 0 fully saturated rings. The maximum atomic E-state index is 11.7. The zero-order valence-corrected chi connectivity index (χ0v) is 19.0. The van der Waals surface area contributed by atoms with E-state index in [0.717, 1.165) is 66.8 Å². The molecule has 0 radical (unpaired) electrons. The Morgan fingerprint density at radius 3 is 2.60 bits per heavy atom. The van der Waals surface area contributed by atoms with Crippen LogP contribution in [0.15, 0.2) is 34.8 Å². The van der Waals surface area contributed by atoms with E-state index in [1.165, 1.54) is 16.9 Å². The number of unbranched alkanes of at least 4 members (excludes halogenated alkanes) is 3. The number of benzene rings is 1. The maximum absolute atomic E-state index is 11.7.